The fourth-order valence-electron chi connectivity index (χ4n) is 2.40. The molecule has 2 amide bonds. The predicted octanol–water partition coefficient (Wildman–Crippen LogP) is 4.70. The van der Waals surface area contributed by atoms with E-state index in [9.17, 15) is 14.0 Å². The van der Waals surface area contributed by atoms with E-state index in [-0.39, 0.29) is 0 Å². The molecular weight excluding hydrogens is 359 g/mol. The standard InChI is InChI=1S/C22H19FN2O3/c1-15-7-9-16(10-8-15)24-21(26)20(23)22(27)25-17-11-13-19(14-12-17)28-18-5-3-2-4-6-18/h2-14,20H,1H3,(H,24,26)(H,25,27). The van der Waals surface area contributed by atoms with Crippen molar-refractivity contribution in [1.29, 1.82) is 0 Å². The zero-order chi connectivity index (χ0) is 19.9. The normalized spacial score (nSPS) is 11.4. The minimum absolute atomic E-state index is 0.358. The number of carbonyl (C=O) groups is 2. The van der Waals surface area contributed by atoms with E-state index in [1.54, 1.807) is 48.5 Å². The van der Waals surface area contributed by atoms with Crippen molar-refractivity contribution in [1.82, 2.24) is 0 Å². The molecular formula is C22H19FN2O3. The van der Waals surface area contributed by atoms with Crippen LogP contribution >= 0.6 is 0 Å². The molecule has 2 N–H and O–H groups in total. The fourth-order valence-corrected chi connectivity index (χ4v) is 2.40. The average Bonchev–Trinajstić information content (AvgIpc) is 2.71. The molecule has 1 atom stereocenters. The van der Waals surface area contributed by atoms with Crippen molar-refractivity contribution in [2.45, 2.75) is 13.1 Å². The molecule has 3 rings (SSSR count). The van der Waals surface area contributed by atoms with Crippen LogP contribution < -0.4 is 15.4 Å². The van der Waals surface area contributed by atoms with Gasteiger partial charge in [-0.15, -0.1) is 0 Å². The van der Waals surface area contributed by atoms with Gasteiger partial charge in [-0.05, 0) is 55.5 Å². The van der Waals surface area contributed by atoms with Gasteiger partial charge in [-0.2, -0.15) is 0 Å². The van der Waals surface area contributed by atoms with Crippen molar-refractivity contribution >= 4 is 23.2 Å². The summed E-state index contributed by atoms with van der Waals surface area (Å²) < 4.78 is 19.8. The predicted molar refractivity (Wildman–Crippen MR) is 106 cm³/mol. The lowest BCUT2D eigenvalue weighted by atomic mass is 10.2. The summed E-state index contributed by atoms with van der Waals surface area (Å²) in [4.78, 5) is 23.9. The smallest absolute Gasteiger partial charge is 0.268 e. The third-order valence-electron chi connectivity index (χ3n) is 3.88. The molecule has 0 bridgehead atoms. The van der Waals surface area contributed by atoms with Crippen LogP contribution in [0, 0.1) is 6.92 Å². The number of carbonyl (C=O) groups excluding carboxylic acids is 2. The van der Waals surface area contributed by atoms with Crippen LogP contribution in [0.25, 0.3) is 0 Å². The Morgan fingerprint density at radius 3 is 1.75 bits per heavy atom. The molecule has 0 saturated heterocycles. The third-order valence-corrected chi connectivity index (χ3v) is 3.88. The third kappa shape index (κ3) is 5.17. The van der Waals surface area contributed by atoms with Crippen LogP contribution in [0.15, 0.2) is 78.9 Å². The van der Waals surface area contributed by atoms with Crippen molar-refractivity contribution in [2.75, 3.05) is 10.6 Å². The number of ether oxygens (including phenoxy) is 1. The van der Waals surface area contributed by atoms with E-state index < -0.39 is 18.0 Å². The molecule has 5 nitrogen and oxygen atoms in total. The number of aryl methyl sites for hydroxylation is 1. The highest BCUT2D eigenvalue weighted by Gasteiger charge is 2.26. The van der Waals surface area contributed by atoms with Crippen LogP contribution in [0.1, 0.15) is 5.56 Å². The number of alkyl halides is 1. The van der Waals surface area contributed by atoms with Gasteiger partial charge < -0.3 is 15.4 Å². The Morgan fingerprint density at radius 1 is 0.750 bits per heavy atom. The van der Waals surface area contributed by atoms with Gasteiger partial charge in [0.15, 0.2) is 0 Å². The summed E-state index contributed by atoms with van der Waals surface area (Å²) in [6.07, 6.45) is -2.33. The maximum atomic E-state index is 14.2. The van der Waals surface area contributed by atoms with E-state index in [0.717, 1.165) is 5.56 Å². The second-order valence-corrected chi connectivity index (χ2v) is 6.15. The molecule has 0 spiro atoms. The molecule has 0 aliphatic heterocycles. The number of rotatable bonds is 6. The Labute approximate surface area is 162 Å². The highest BCUT2D eigenvalue weighted by atomic mass is 19.1. The van der Waals surface area contributed by atoms with E-state index in [1.807, 2.05) is 37.3 Å². The van der Waals surface area contributed by atoms with E-state index >= 15 is 0 Å². The topological polar surface area (TPSA) is 67.4 Å². The van der Waals surface area contributed by atoms with E-state index in [0.29, 0.717) is 22.9 Å². The monoisotopic (exact) mass is 378 g/mol. The highest BCUT2D eigenvalue weighted by molar-refractivity contribution is 6.13. The summed E-state index contributed by atoms with van der Waals surface area (Å²) in [5.41, 5.74) is 1.79. The van der Waals surface area contributed by atoms with Gasteiger partial charge in [0.05, 0.1) is 0 Å². The Hall–Kier alpha value is -3.67. The largest absolute Gasteiger partial charge is 0.457 e. The Morgan fingerprint density at radius 2 is 1.21 bits per heavy atom. The van der Waals surface area contributed by atoms with Gasteiger partial charge >= 0.3 is 0 Å². The molecule has 0 fully saturated rings. The summed E-state index contributed by atoms with van der Waals surface area (Å²) >= 11 is 0. The first-order valence-corrected chi connectivity index (χ1v) is 8.67. The fraction of sp³-hybridized carbons (Fsp3) is 0.0909. The maximum Gasteiger partial charge on any atom is 0.268 e. The van der Waals surface area contributed by atoms with Crippen LogP contribution in [0.2, 0.25) is 0 Å². The maximum absolute atomic E-state index is 14.2. The van der Waals surface area contributed by atoms with Gasteiger partial charge in [0.25, 0.3) is 18.0 Å². The van der Waals surface area contributed by atoms with Crippen molar-refractivity contribution in [2.24, 2.45) is 0 Å². The van der Waals surface area contributed by atoms with Crippen molar-refractivity contribution in [3.05, 3.63) is 84.4 Å². The zero-order valence-electron chi connectivity index (χ0n) is 15.2. The lowest BCUT2D eigenvalue weighted by Crippen LogP contribution is -2.35. The van der Waals surface area contributed by atoms with Crippen LogP contribution in [-0.4, -0.2) is 18.0 Å². The Balaban J connectivity index is 1.55. The lowest BCUT2D eigenvalue weighted by Gasteiger charge is -2.11. The number of nitrogens with one attached hydrogen (secondary N) is 2. The second-order valence-electron chi connectivity index (χ2n) is 6.15. The molecule has 3 aromatic carbocycles. The first-order valence-electron chi connectivity index (χ1n) is 8.67. The van der Waals surface area contributed by atoms with Crippen LogP contribution in [0.3, 0.4) is 0 Å². The zero-order valence-corrected chi connectivity index (χ0v) is 15.2. The van der Waals surface area contributed by atoms with Crippen LogP contribution in [0.4, 0.5) is 15.8 Å². The number of hydrogen-bond donors (Lipinski definition) is 2. The number of benzene rings is 3. The second kappa shape index (κ2) is 8.81. The Bertz CT molecular complexity index is 942. The van der Waals surface area contributed by atoms with Gasteiger partial charge in [0, 0.05) is 11.4 Å². The molecule has 1 unspecified atom stereocenters. The molecule has 0 aliphatic rings. The molecule has 0 aromatic heterocycles. The summed E-state index contributed by atoms with van der Waals surface area (Å²) in [5, 5.41) is 4.76. The van der Waals surface area contributed by atoms with Gasteiger partial charge in [0.1, 0.15) is 11.5 Å². The van der Waals surface area contributed by atoms with Gasteiger partial charge in [-0.25, -0.2) is 4.39 Å². The molecule has 28 heavy (non-hydrogen) atoms. The van der Waals surface area contributed by atoms with Gasteiger partial charge in [-0.1, -0.05) is 35.9 Å². The molecule has 0 radical (unpaired) electrons. The van der Waals surface area contributed by atoms with E-state index in [2.05, 4.69) is 10.6 Å². The first kappa shape index (κ1) is 19.1. The summed E-state index contributed by atoms with van der Waals surface area (Å²) in [6.45, 7) is 1.90. The number of hydrogen-bond acceptors (Lipinski definition) is 3. The van der Waals surface area contributed by atoms with Crippen molar-refractivity contribution in [3.8, 4) is 11.5 Å². The Kier molecular flexibility index (Phi) is 6.01. The lowest BCUT2D eigenvalue weighted by molar-refractivity contribution is -0.130. The minimum atomic E-state index is -2.33. The molecule has 3 aromatic rings. The summed E-state index contributed by atoms with van der Waals surface area (Å²) in [6, 6.07) is 22.5. The first-order chi connectivity index (χ1) is 13.5. The minimum Gasteiger partial charge on any atom is -0.457 e. The number of para-hydroxylation sites is 1. The molecule has 0 saturated carbocycles. The molecule has 0 aliphatic carbocycles. The number of amides is 2. The average molecular weight is 378 g/mol. The van der Waals surface area contributed by atoms with Crippen molar-refractivity contribution < 1.29 is 18.7 Å². The quantitative estimate of drug-likeness (QED) is 0.611. The SMILES string of the molecule is Cc1ccc(NC(=O)C(F)C(=O)Nc2ccc(Oc3ccccc3)cc2)cc1. The van der Waals surface area contributed by atoms with Gasteiger partial charge in [-0.3, -0.25) is 9.59 Å². The molecule has 6 heteroatoms. The van der Waals surface area contributed by atoms with Crippen LogP contribution in [0.5, 0.6) is 11.5 Å². The van der Waals surface area contributed by atoms with Crippen molar-refractivity contribution in [3.63, 3.8) is 0 Å². The summed E-state index contributed by atoms with van der Waals surface area (Å²) in [7, 11) is 0. The van der Waals surface area contributed by atoms with Gasteiger partial charge in [0.2, 0.25) is 0 Å². The van der Waals surface area contributed by atoms with E-state index in [4.69, 9.17) is 4.74 Å². The highest BCUT2D eigenvalue weighted by Crippen LogP contribution is 2.22. The summed E-state index contributed by atoms with van der Waals surface area (Å²) in [5.74, 6) is -0.819. The number of anilines is 2. The van der Waals surface area contributed by atoms with Crippen LogP contribution in [-0.2, 0) is 9.59 Å². The molecule has 0 heterocycles. The van der Waals surface area contributed by atoms with E-state index in [1.165, 1.54) is 0 Å². The molecule has 142 valence electrons. The number of halogens is 1.